The molecule has 1 aliphatic heterocycles. The summed E-state index contributed by atoms with van der Waals surface area (Å²) in [6, 6.07) is 1.54. The van der Waals surface area contributed by atoms with Gasteiger partial charge in [-0.1, -0.05) is 12.8 Å². The van der Waals surface area contributed by atoms with Gasteiger partial charge in [0.05, 0.1) is 6.61 Å². The highest BCUT2D eigenvalue weighted by atomic mass is 16.5. The minimum absolute atomic E-state index is 0.710. The molecule has 104 valence electrons. The second kappa shape index (κ2) is 6.36. The Morgan fingerprint density at radius 2 is 2.00 bits per heavy atom. The lowest BCUT2D eigenvalue weighted by molar-refractivity contribution is 0.126. The first-order chi connectivity index (χ1) is 8.92. The molecule has 1 saturated heterocycles. The number of ether oxygens (including phenoxy) is 1. The molecule has 2 aliphatic carbocycles. The maximum absolute atomic E-state index is 5.63. The van der Waals surface area contributed by atoms with Crippen molar-refractivity contribution in [3.05, 3.63) is 0 Å². The molecule has 0 amide bonds. The summed E-state index contributed by atoms with van der Waals surface area (Å²) in [6.45, 7) is 4.02. The number of rotatable bonds is 7. The zero-order valence-electron chi connectivity index (χ0n) is 11.5. The molecule has 3 fully saturated rings. The SMILES string of the molecule is C1CCC2NC(CNCCOCC3CC3)CC2C1. The number of fused-ring (bicyclic) bond motifs is 1. The maximum atomic E-state index is 5.63. The van der Waals surface area contributed by atoms with Crippen molar-refractivity contribution in [1.82, 2.24) is 10.6 Å². The molecular formula is C15H28N2O. The fourth-order valence-electron chi connectivity index (χ4n) is 3.54. The molecule has 3 heteroatoms. The molecular weight excluding hydrogens is 224 g/mol. The normalized spacial score (nSPS) is 35.7. The van der Waals surface area contributed by atoms with Crippen molar-refractivity contribution in [3.63, 3.8) is 0 Å². The Labute approximate surface area is 111 Å². The van der Waals surface area contributed by atoms with Crippen molar-refractivity contribution in [2.75, 3.05) is 26.3 Å². The van der Waals surface area contributed by atoms with Crippen LogP contribution in [0.1, 0.15) is 44.9 Å². The molecule has 18 heavy (non-hydrogen) atoms. The predicted molar refractivity (Wildman–Crippen MR) is 73.7 cm³/mol. The van der Waals surface area contributed by atoms with Crippen molar-refractivity contribution in [2.45, 2.75) is 57.0 Å². The molecule has 2 N–H and O–H groups in total. The van der Waals surface area contributed by atoms with Crippen LogP contribution in [-0.2, 0) is 4.74 Å². The Kier molecular flexibility index (Phi) is 4.55. The van der Waals surface area contributed by atoms with Crippen molar-refractivity contribution >= 4 is 0 Å². The molecule has 0 aromatic carbocycles. The van der Waals surface area contributed by atoms with Crippen LogP contribution >= 0.6 is 0 Å². The van der Waals surface area contributed by atoms with Gasteiger partial charge in [-0.05, 0) is 43.9 Å². The molecule has 3 aliphatic rings. The summed E-state index contributed by atoms with van der Waals surface area (Å²) in [6.07, 6.45) is 9.93. The Balaban J connectivity index is 1.22. The van der Waals surface area contributed by atoms with Gasteiger partial charge in [-0.3, -0.25) is 0 Å². The second-order valence-corrected chi connectivity index (χ2v) is 6.47. The molecule has 3 rings (SSSR count). The minimum Gasteiger partial charge on any atom is -0.380 e. The van der Waals surface area contributed by atoms with Gasteiger partial charge in [0.2, 0.25) is 0 Å². The van der Waals surface area contributed by atoms with E-state index in [2.05, 4.69) is 10.6 Å². The van der Waals surface area contributed by atoms with E-state index >= 15 is 0 Å². The summed E-state index contributed by atoms with van der Waals surface area (Å²) < 4.78 is 5.63. The van der Waals surface area contributed by atoms with Crippen molar-refractivity contribution in [2.24, 2.45) is 11.8 Å². The standard InChI is InChI=1S/C15H28N2O/c1-2-4-15-13(3-1)9-14(17-15)10-16-7-8-18-11-12-5-6-12/h12-17H,1-11H2. The molecule has 1 heterocycles. The van der Waals surface area contributed by atoms with Crippen LogP contribution in [0.15, 0.2) is 0 Å². The van der Waals surface area contributed by atoms with Gasteiger partial charge in [0.15, 0.2) is 0 Å². The van der Waals surface area contributed by atoms with Crippen LogP contribution in [0.5, 0.6) is 0 Å². The van der Waals surface area contributed by atoms with Crippen molar-refractivity contribution < 1.29 is 4.74 Å². The van der Waals surface area contributed by atoms with E-state index < -0.39 is 0 Å². The van der Waals surface area contributed by atoms with E-state index in [0.29, 0.717) is 6.04 Å². The molecule has 0 radical (unpaired) electrons. The fraction of sp³-hybridized carbons (Fsp3) is 1.00. The van der Waals surface area contributed by atoms with Gasteiger partial charge < -0.3 is 15.4 Å². The van der Waals surface area contributed by atoms with Gasteiger partial charge in [0, 0.05) is 31.8 Å². The summed E-state index contributed by atoms with van der Waals surface area (Å²) in [5, 5.41) is 7.35. The van der Waals surface area contributed by atoms with Crippen LogP contribution in [-0.4, -0.2) is 38.4 Å². The van der Waals surface area contributed by atoms with Gasteiger partial charge in [-0.25, -0.2) is 0 Å². The van der Waals surface area contributed by atoms with Crippen LogP contribution in [0, 0.1) is 11.8 Å². The quantitative estimate of drug-likeness (QED) is 0.679. The van der Waals surface area contributed by atoms with Crippen LogP contribution < -0.4 is 10.6 Å². The third kappa shape index (κ3) is 3.69. The largest absolute Gasteiger partial charge is 0.380 e. The summed E-state index contributed by atoms with van der Waals surface area (Å²) in [4.78, 5) is 0. The maximum Gasteiger partial charge on any atom is 0.0591 e. The second-order valence-electron chi connectivity index (χ2n) is 6.47. The molecule has 0 spiro atoms. The molecule has 3 unspecified atom stereocenters. The molecule has 0 aromatic heterocycles. The lowest BCUT2D eigenvalue weighted by Crippen LogP contribution is -2.39. The number of hydrogen-bond donors (Lipinski definition) is 2. The highest BCUT2D eigenvalue weighted by molar-refractivity contribution is 4.93. The fourth-order valence-corrected chi connectivity index (χ4v) is 3.54. The van der Waals surface area contributed by atoms with Gasteiger partial charge >= 0.3 is 0 Å². The zero-order chi connectivity index (χ0) is 12.2. The van der Waals surface area contributed by atoms with Gasteiger partial charge in [0.25, 0.3) is 0 Å². The topological polar surface area (TPSA) is 33.3 Å². The minimum atomic E-state index is 0.710. The predicted octanol–water partition coefficient (Wildman–Crippen LogP) is 1.92. The van der Waals surface area contributed by atoms with Gasteiger partial charge in [-0.15, -0.1) is 0 Å². The van der Waals surface area contributed by atoms with Crippen molar-refractivity contribution in [3.8, 4) is 0 Å². The molecule has 3 atom stereocenters. The Morgan fingerprint density at radius 3 is 2.83 bits per heavy atom. The van der Waals surface area contributed by atoms with E-state index in [4.69, 9.17) is 4.74 Å². The number of hydrogen-bond acceptors (Lipinski definition) is 3. The smallest absolute Gasteiger partial charge is 0.0591 e. The summed E-state index contributed by atoms with van der Waals surface area (Å²) >= 11 is 0. The molecule has 0 bridgehead atoms. The van der Waals surface area contributed by atoms with Crippen LogP contribution in [0.4, 0.5) is 0 Å². The first-order valence-electron chi connectivity index (χ1n) is 7.96. The lowest BCUT2D eigenvalue weighted by Gasteiger charge is -2.24. The average Bonchev–Trinajstić information content (AvgIpc) is 3.11. The summed E-state index contributed by atoms with van der Waals surface area (Å²) in [7, 11) is 0. The van der Waals surface area contributed by atoms with E-state index in [1.54, 1.807) is 0 Å². The Bertz CT molecular complexity index is 241. The lowest BCUT2D eigenvalue weighted by atomic mass is 9.85. The molecule has 0 aromatic rings. The zero-order valence-corrected chi connectivity index (χ0v) is 11.5. The summed E-state index contributed by atoms with van der Waals surface area (Å²) in [5.74, 6) is 1.86. The van der Waals surface area contributed by atoms with E-state index in [-0.39, 0.29) is 0 Å². The highest BCUT2D eigenvalue weighted by Crippen LogP contribution is 2.32. The highest BCUT2D eigenvalue weighted by Gasteiger charge is 2.34. The third-order valence-corrected chi connectivity index (χ3v) is 4.81. The average molecular weight is 252 g/mol. The first-order valence-corrected chi connectivity index (χ1v) is 7.96. The van der Waals surface area contributed by atoms with Crippen LogP contribution in [0.25, 0.3) is 0 Å². The number of nitrogens with one attached hydrogen (secondary N) is 2. The molecule has 3 nitrogen and oxygen atoms in total. The summed E-state index contributed by atoms with van der Waals surface area (Å²) in [5.41, 5.74) is 0. The Morgan fingerprint density at radius 1 is 1.11 bits per heavy atom. The molecule has 2 saturated carbocycles. The van der Waals surface area contributed by atoms with Crippen molar-refractivity contribution in [1.29, 1.82) is 0 Å². The first kappa shape index (κ1) is 12.9. The monoisotopic (exact) mass is 252 g/mol. The van der Waals surface area contributed by atoms with E-state index in [0.717, 1.165) is 44.2 Å². The van der Waals surface area contributed by atoms with E-state index in [1.165, 1.54) is 44.9 Å². The Hall–Kier alpha value is -0.120. The van der Waals surface area contributed by atoms with E-state index in [9.17, 15) is 0 Å². The van der Waals surface area contributed by atoms with Crippen LogP contribution in [0.3, 0.4) is 0 Å². The van der Waals surface area contributed by atoms with Gasteiger partial charge in [0.1, 0.15) is 0 Å². The van der Waals surface area contributed by atoms with Crippen LogP contribution in [0.2, 0.25) is 0 Å². The van der Waals surface area contributed by atoms with Gasteiger partial charge in [-0.2, -0.15) is 0 Å². The van der Waals surface area contributed by atoms with E-state index in [1.807, 2.05) is 0 Å². The third-order valence-electron chi connectivity index (χ3n) is 4.81.